The van der Waals surface area contributed by atoms with Crippen molar-refractivity contribution in [2.75, 3.05) is 18.8 Å². The van der Waals surface area contributed by atoms with Gasteiger partial charge in [0.25, 0.3) is 0 Å². The van der Waals surface area contributed by atoms with Crippen molar-refractivity contribution in [1.29, 1.82) is 0 Å². The molecule has 6 nitrogen and oxygen atoms in total. The molecule has 18 heavy (non-hydrogen) atoms. The van der Waals surface area contributed by atoms with E-state index in [4.69, 9.17) is 5.73 Å². The topological polar surface area (TPSA) is 79.5 Å². The minimum Gasteiger partial charge on any atom is -0.375 e. The third-order valence-electron chi connectivity index (χ3n) is 2.88. The van der Waals surface area contributed by atoms with Gasteiger partial charge in [-0.15, -0.1) is 11.3 Å². The van der Waals surface area contributed by atoms with Crippen LogP contribution in [0, 0.1) is 0 Å². The van der Waals surface area contributed by atoms with E-state index in [0.29, 0.717) is 24.8 Å². The Balaban J connectivity index is 2.04. The van der Waals surface area contributed by atoms with Crippen LogP contribution in [0.1, 0.15) is 18.7 Å². The molecule has 0 aliphatic carbocycles. The number of anilines is 1. The first-order valence-corrected chi connectivity index (χ1v) is 6.60. The molecule has 0 unspecified atom stereocenters. The van der Waals surface area contributed by atoms with Crippen LogP contribution in [0.4, 0.5) is 5.13 Å². The van der Waals surface area contributed by atoms with Crippen LogP contribution >= 0.6 is 11.3 Å². The Morgan fingerprint density at radius 2 is 2.11 bits per heavy atom. The van der Waals surface area contributed by atoms with Crippen LogP contribution in [-0.4, -0.2) is 45.7 Å². The van der Waals surface area contributed by atoms with E-state index in [2.05, 4.69) is 4.98 Å². The first-order chi connectivity index (χ1) is 8.49. The summed E-state index contributed by atoms with van der Waals surface area (Å²) in [5.41, 5.74) is 5.54. The van der Waals surface area contributed by atoms with Gasteiger partial charge in [0.1, 0.15) is 0 Å². The molecule has 2 N–H and O–H groups in total. The predicted octanol–water partition coefficient (Wildman–Crippen LogP) is 0.304. The van der Waals surface area contributed by atoms with Crippen molar-refractivity contribution < 1.29 is 9.59 Å². The van der Waals surface area contributed by atoms with E-state index in [1.165, 1.54) is 11.3 Å². The zero-order chi connectivity index (χ0) is 13.3. The molecular formula is C11H16N4O2S. The lowest BCUT2D eigenvalue weighted by Crippen LogP contribution is -2.55. The molecule has 1 aromatic heterocycles. The quantitative estimate of drug-likeness (QED) is 0.800. The minimum absolute atomic E-state index is 0.0580. The van der Waals surface area contributed by atoms with Crippen molar-refractivity contribution in [2.45, 2.75) is 26.4 Å². The largest absolute Gasteiger partial charge is 0.375 e. The fourth-order valence-corrected chi connectivity index (χ4v) is 2.62. The third kappa shape index (κ3) is 2.45. The minimum atomic E-state index is -0.443. The second-order valence-electron chi connectivity index (χ2n) is 4.48. The van der Waals surface area contributed by atoms with Crippen LogP contribution in [0.5, 0.6) is 0 Å². The second kappa shape index (κ2) is 4.93. The lowest BCUT2D eigenvalue weighted by Gasteiger charge is -2.35. The lowest BCUT2D eigenvalue weighted by atomic mass is 10.2. The van der Waals surface area contributed by atoms with E-state index in [9.17, 15) is 9.59 Å². The van der Waals surface area contributed by atoms with Crippen molar-refractivity contribution >= 4 is 28.3 Å². The average molecular weight is 268 g/mol. The number of amides is 2. The van der Waals surface area contributed by atoms with Gasteiger partial charge in [-0.25, -0.2) is 4.98 Å². The van der Waals surface area contributed by atoms with Gasteiger partial charge >= 0.3 is 11.8 Å². The van der Waals surface area contributed by atoms with Gasteiger partial charge < -0.3 is 15.5 Å². The summed E-state index contributed by atoms with van der Waals surface area (Å²) in [4.78, 5) is 31.8. The Bertz CT molecular complexity index is 471. The number of nitrogen functional groups attached to an aromatic ring is 1. The number of rotatable bonds is 3. The molecule has 0 radical (unpaired) electrons. The standard InChI is InChI=1S/C11H16N4O2S/c1-7(2)15-4-3-14(9(16)10(15)17)6-8-5-13-11(12)18-8/h5,7H,3-4,6H2,1-2H3,(H2,12,13). The highest BCUT2D eigenvalue weighted by Gasteiger charge is 2.33. The Labute approximate surface area is 109 Å². The number of hydrogen-bond donors (Lipinski definition) is 1. The normalized spacial score (nSPS) is 16.8. The van der Waals surface area contributed by atoms with Crippen LogP contribution < -0.4 is 5.73 Å². The van der Waals surface area contributed by atoms with Gasteiger partial charge in [0.05, 0.1) is 6.54 Å². The maximum absolute atomic E-state index is 11.9. The summed E-state index contributed by atoms with van der Waals surface area (Å²) < 4.78 is 0. The van der Waals surface area contributed by atoms with E-state index in [0.717, 1.165) is 4.88 Å². The number of carbonyl (C=O) groups excluding carboxylic acids is 2. The van der Waals surface area contributed by atoms with Crippen molar-refractivity contribution in [3.05, 3.63) is 11.1 Å². The number of nitrogens with two attached hydrogens (primary N) is 1. The average Bonchev–Trinajstić information content (AvgIpc) is 2.70. The summed E-state index contributed by atoms with van der Waals surface area (Å²) >= 11 is 1.34. The van der Waals surface area contributed by atoms with Crippen LogP contribution in [0.25, 0.3) is 0 Å². The summed E-state index contributed by atoms with van der Waals surface area (Å²) in [6.07, 6.45) is 1.65. The highest BCUT2D eigenvalue weighted by Crippen LogP contribution is 2.18. The summed E-state index contributed by atoms with van der Waals surface area (Å²) in [6.45, 7) is 5.36. The molecule has 2 heterocycles. The van der Waals surface area contributed by atoms with Crippen molar-refractivity contribution in [1.82, 2.24) is 14.8 Å². The fourth-order valence-electron chi connectivity index (χ4n) is 1.92. The predicted molar refractivity (Wildman–Crippen MR) is 68.8 cm³/mol. The Morgan fingerprint density at radius 1 is 1.39 bits per heavy atom. The van der Waals surface area contributed by atoms with Gasteiger partial charge in [0.15, 0.2) is 5.13 Å². The van der Waals surface area contributed by atoms with Crippen molar-refractivity contribution in [3.63, 3.8) is 0 Å². The van der Waals surface area contributed by atoms with Crippen molar-refractivity contribution in [3.8, 4) is 0 Å². The van der Waals surface area contributed by atoms with Crippen LogP contribution in [0.3, 0.4) is 0 Å². The molecule has 1 aliphatic heterocycles. The van der Waals surface area contributed by atoms with Gasteiger partial charge in [0.2, 0.25) is 0 Å². The molecule has 1 fully saturated rings. The maximum atomic E-state index is 11.9. The Kier molecular flexibility index (Phi) is 3.51. The molecule has 1 saturated heterocycles. The van der Waals surface area contributed by atoms with Gasteiger partial charge in [-0.1, -0.05) is 0 Å². The molecule has 0 atom stereocenters. The van der Waals surface area contributed by atoms with E-state index >= 15 is 0 Å². The monoisotopic (exact) mass is 268 g/mol. The Morgan fingerprint density at radius 3 is 2.67 bits per heavy atom. The van der Waals surface area contributed by atoms with Crippen LogP contribution in [0.2, 0.25) is 0 Å². The van der Waals surface area contributed by atoms with Gasteiger partial charge in [-0.3, -0.25) is 9.59 Å². The molecule has 0 saturated carbocycles. The molecule has 7 heteroatoms. The molecule has 2 rings (SSSR count). The molecule has 0 spiro atoms. The smallest absolute Gasteiger partial charge is 0.312 e. The Hall–Kier alpha value is -1.63. The highest BCUT2D eigenvalue weighted by molar-refractivity contribution is 7.15. The van der Waals surface area contributed by atoms with Gasteiger partial charge in [-0.2, -0.15) is 0 Å². The molecule has 0 bridgehead atoms. The van der Waals surface area contributed by atoms with Crippen LogP contribution in [0.15, 0.2) is 6.20 Å². The molecule has 1 aromatic rings. The van der Waals surface area contributed by atoms with Gasteiger partial charge in [-0.05, 0) is 13.8 Å². The maximum Gasteiger partial charge on any atom is 0.312 e. The summed E-state index contributed by atoms with van der Waals surface area (Å²) in [7, 11) is 0. The summed E-state index contributed by atoms with van der Waals surface area (Å²) in [5, 5.41) is 0.476. The number of carbonyl (C=O) groups is 2. The van der Waals surface area contributed by atoms with E-state index in [1.54, 1.807) is 16.0 Å². The van der Waals surface area contributed by atoms with E-state index in [-0.39, 0.29) is 6.04 Å². The number of hydrogen-bond acceptors (Lipinski definition) is 5. The summed E-state index contributed by atoms with van der Waals surface area (Å²) in [6, 6.07) is 0.0580. The van der Waals surface area contributed by atoms with E-state index in [1.807, 2.05) is 13.8 Å². The number of aromatic nitrogens is 1. The number of thiazole rings is 1. The summed E-state index contributed by atoms with van der Waals surface area (Å²) in [5.74, 6) is -0.865. The molecule has 0 aromatic carbocycles. The van der Waals surface area contributed by atoms with E-state index < -0.39 is 11.8 Å². The molecular weight excluding hydrogens is 252 g/mol. The second-order valence-corrected chi connectivity index (χ2v) is 5.63. The lowest BCUT2D eigenvalue weighted by molar-refractivity contribution is -0.157. The number of nitrogens with zero attached hydrogens (tertiary/aromatic N) is 3. The van der Waals surface area contributed by atoms with Crippen molar-refractivity contribution in [2.24, 2.45) is 0 Å². The number of piperazine rings is 1. The zero-order valence-corrected chi connectivity index (χ0v) is 11.2. The third-order valence-corrected chi connectivity index (χ3v) is 3.69. The van der Waals surface area contributed by atoms with Gasteiger partial charge in [0, 0.05) is 30.2 Å². The van der Waals surface area contributed by atoms with Crippen LogP contribution in [-0.2, 0) is 16.1 Å². The fraction of sp³-hybridized carbons (Fsp3) is 0.545. The first kappa shape index (κ1) is 12.8. The molecule has 98 valence electrons. The first-order valence-electron chi connectivity index (χ1n) is 5.79. The highest BCUT2D eigenvalue weighted by atomic mass is 32.1. The molecule has 1 aliphatic rings. The SMILES string of the molecule is CC(C)N1CCN(Cc2cnc(N)s2)C(=O)C1=O. The zero-order valence-electron chi connectivity index (χ0n) is 10.4. The molecule has 2 amide bonds.